The van der Waals surface area contributed by atoms with Gasteiger partial charge in [-0.1, -0.05) is 24.3 Å². The molecule has 0 unspecified atom stereocenters. The van der Waals surface area contributed by atoms with Gasteiger partial charge in [-0.05, 0) is 37.1 Å². The summed E-state index contributed by atoms with van der Waals surface area (Å²) in [5.41, 5.74) is 7.51. The molecule has 0 amide bonds. The normalized spacial score (nSPS) is 13.6. The van der Waals surface area contributed by atoms with Gasteiger partial charge in [-0.15, -0.1) is 5.10 Å². The molecular formula is C22H21FN8. The molecule has 8 nitrogen and oxygen atoms in total. The molecule has 156 valence electrons. The molecule has 4 heterocycles. The third kappa shape index (κ3) is 3.94. The lowest BCUT2D eigenvalue weighted by Gasteiger charge is -2.15. The van der Waals surface area contributed by atoms with E-state index in [1.54, 1.807) is 53.3 Å². The lowest BCUT2D eigenvalue weighted by atomic mass is 10.2. The number of nitrogens with zero attached hydrogens (tertiary/aromatic N) is 7. The summed E-state index contributed by atoms with van der Waals surface area (Å²) in [6.45, 7) is 2.08. The molecule has 9 heteroatoms. The fraction of sp³-hybridized carbons (Fsp3) is 0.227. The topological polar surface area (TPSA) is 98.6 Å². The number of benzene rings is 1. The molecule has 31 heavy (non-hydrogen) atoms. The number of halogens is 1. The van der Waals surface area contributed by atoms with Crippen molar-refractivity contribution < 1.29 is 4.39 Å². The van der Waals surface area contributed by atoms with Crippen LogP contribution in [0.4, 0.5) is 16.2 Å². The van der Waals surface area contributed by atoms with Crippen molar-refractivity contribution in [3.05, 3.63) is 66.1 Å². The molecule has 0 radical (unpaired) electrons. The summed E-state index contributed by atoms with van der Waals surface area (Å²) >= 11 is 0. The number of aromatic nitrogens is 6. The summed E-state index contributed by atoms with van der Waals surface area (Å²) in [6, 6.07) is 13.7. The van der Waals surface area contributed by atoms with Gasteiger partial charge in [-0.3, -0.25) is 0 Å². The molecule has 2 N–H and O–H groups in total. The Bertz CT molecular complexity index is 1220. The Morgan fingerprint density at radius 3 is 2.55 bits per heavy atom. The van der Waals surface area contributed by atoms with Gasteiger partial charge >= 0.3 is 0 Å². The standard InChI is InChI=1S/C22H21FN8/c23-16-7-2-1-6-15(16)14-31-21(28-20(29-31)17-8-5-9-19(24)26-17)18-10-11-25-22(27-18)30-12-3-4-13-30/h1-2,5-11H,3-4,12-14H2,(H2,24,26). The van der Waals surface area contributed by atoms with Crippen LogP contribution in [-0.4, -0.2) is 42.8 Å². The number of pyridine rings is 1. The van der Waals surface area contributed by atoms with E-state index in [1.165, 1.54) is 6.07 Å². The molecule has 0 saturated carbocycles. The zero-order valence-corrected chi connectivity index (χ0v) is 16.8. The minimum atomic E-state index is -0.298. The number of anilines is 2. The van der Waals surface area contributed by atoms with Crippen LogP contribution in [0.15, 0.2) is 54.7 Å². The van der Waals surface area contributed by atoms with Crippen LogP contribution in [0, 0.1) is 5.82 Å². The summed E-state index contributed by atoms with van der Waals surface area (Å²) in [7, 11) is 0. The highest BCUT2D eigenvalue weighted by Crippen LogP contribution is 2.24. The Morgan fingerprint density at radius 1 is 0.903 bits per heavy atom. The number of nitrogens with two attached hydrogens (primary N) is 1. The van der Waals surface area contributed by atoms with Crippen LogP contribution < -0.4 is 10.6 Å². The highest BCUT2D eigenvalue weighted by Gasteiger charge is 2.20. The van der Waals surface area contributed by atoms with E-state index < -0.39 is 0 Å². The van der Waals surface area contributed by atoms with Gasteiger partial charge in [-0.2, -0.15) is 0 Å². The van der Waals surface area contributed by atoms with Crippen LogP contribution in [0.5, 0.6) is 0 Å². The number of hydrogen-bond acceptors (Lipinski definition) is 7. The highest BCUT2D eigenvalue weighted by molar-refractivity contribution is 5.59. The van der Waals surface area contributed by atoms with Crippen LogP contribution in [0.1, 0.15) is 18.4 Å². The Hall–Kier alpha value is -3.88. The van der Waals surface area contributed by atoms with Gasteiger partial charge in [0, 0.05) is 24.8 Å². The molecule has 0 atom stereocenters. The molecule has 4 aromatic rings. The summed E-state index contributed by atoms with van der Waals surface area (Å²) in [5.74, 6) is 1.67. The van der Waals surface area contributed by atoms with E-state index in [1.807, 2.05) is 0 Å². The first-order chi connectivity index (χ1) is 15.2. The van der Waals surface area contributed by atoms with E-state index in [0.29, 0.717) is 40.4 Å². The van der Waals surface area contributed by atoms with E-state index >= 15 is 0 Å². The maximum atomic E-state index is 14.3. The van der Waals surface area contributed by atoms with Crippen LogP contribution in [0.3, 0.4) is 0 Å². The molecule has 0 spiro atoms. The second-order valence-electron chi connectivity index (χ2n) is 7.39. The molecular weight excluding hydrogens is 395 g/mol. The average Bonchev–Trinajstić information content (AvgIpc) is 3.46. The van der Waals surface area contributed by atoms with Crippen molar-refractivity contribution in [3.8, 4) is 23.0 Å². The Kier molecular flexibility index (Phi) is 4.99. The summed E-state index contributed by atoms with van der Waals surface area (Å²) in [4.78, 5) is 20.3. The minimum Gasteiger partial charge on any atom is -0.384 e. The molecule has 1 saturated heterocycles. The first-order valence-electron chi connectivity index (χ1n) is 10.2. The monoisotopic (exact) mass is 416 g/mol. The van der Waals surface area contributed by atoms with Gasteiger partial charge in [0.25, 0.3) is 0 Å². The van der Waals surface area contributed by atoms with Gasteiger partial charge in [0.15, 0.2) is 11.6 Å². The molecule has 0 bridgehead atoms. The molecule has 1 aromatic carbocycles. The van der Waals surface area contributed by atoms with Crippen molar-refractivity contribution in [2.45, 2.75) is 19.4 Å². The van der Waals surface area contributed by atoms with E-state index in [9.17, 15) is 4.39 Å². The predicted molar refractivity (Wildman–Crippen MR) is 116 cm³/mol. The van der Waals surface area contributed by atoms with Crippen molar-refractivity contribution >= 4 is 11.8 Å². The maximum absolute atomic E-state index is 14.3. The Labute approximate surface area is 178 Å². The van der Waals surface area contributed by atoms with E-state index in [4.69, 9.17) is 10.7 Å². The van der Waals surface area contributed by atoms with E-state index in [0.717, 1.165) is 25.9 Å². The van der Waals surface area contributed by atoms with Crippen molar-refractivity contribution in [1.82, 2.24) is 29.7 Å². The average molecular weight is 416 g/mol. The lowest BCUT2D eigenvalue weighted by Crippen LogP contribution is -2.20. The van der Waals surface area contributed by atoms with Crippen LogP contribution in [0.2, 0.25) is 0 Å². The molecule has 1 aliphatic rings. The summed E-state index contributed by atoms with van der Waals surface area (Å²) in [6.07, 6.45) is 3.97. The molecule has 5 rings (SSSR count). The number of rotatable bonds is 5. The number of hydrogen-bond donors (Lipinski definition) is 1. The van der Waals surface area contributed by atoms with Gasteiger partial charge in [0.1, 0.15) is 23.0 Å². The van der Waals surface area contributed by atoms with Gasteiger partial charge in [0.05, 0.1) is 6.54 Å². The van der Waals surface area contributed by atoms with E-state index in [2.05, 4.69) is 25.0 Å². The van der Waals surface area contributed by atoms with Crippen LogP contribution >= 0.6 is 0 Å². The Balaban J connectivity index is 1.59. The van der Waals surface area contributed by atoms with Gasteiger partial charge < -0.3 is 10.6 Å². The first-order valence-corrected chi connectivity index (χ1v) is 10.2. The molecule has 3 aromatic heterocycles. The van der Waals surface area contributed by atoms with Crippen molar-refractivity contribution in [2.75, 3.05) is 23.7 Å². The largest absolute Gasteiger partial charge is 0.384 e. The third-order valence-corrected chi connectivity index (χ3v) is 5.21. The highest BCUT2D eigenvalue weighted by atomic mass is 19.1. The maximum Gasteiger partial charge on any atom is 0.225 e. The number of nitrogen functional groups attached to an aromatic ring is 1. The fourth-order valence-corrected chi connectivity index (χ4v) is 3.66. The smallest absolute Gasteiger partial charge is 0.225 e. The van der Waals surface area contributed by atoms with Gasteiger partial charge in [0.2, 0.25) is 5.95 Å². The second kappa shape index (κ2) is 8.10. The summed E-state index contributed by atoms with van der Waals surface area (Å²) in [5, 5.41) is 4.61. The molecule has 0 aliphatic carbocycles. The molecule has 1 fully saturated rings. The van der Waals surface area contributed by atoms with Gasteiger partial charge in [-0.25, -0.2) is 29.0 Å². The predicted octanol–water partition coefficient (Wildman–Crippen LogP) is 3.17. The third-order valence-electron chi connectivity index (χ3n) is 5.21. The lowest BCUT2D eigenvalue weighted by molar-refractivity contribution is 0.586. The zero-order chi connectivity index (χ0) is 21.2. The first kappa shape index (κ1) is 19.1. The zero-order valence-electron chi connectivity index (χ0n) is 16.8. The van der Waals surface area contributed by atoms with Crippen molar-refractivity contribution in [1.29, 1.82) is 0 Å². The van der Waals surface area contributed by atoms with E-state index in [-0.39, 0.29) is 12.4 Å². The fourth-order valence-electron chi connectivity index (χ4n) is 3.66. The SMILES string of the molecule is Nc1cccc(-c2nc(-c3ccnc(N4CCCC4)n3)n(Cc3ccccc3F)n2)n1. The summed E-state index contributed by atoms with van der Waals surface area (Å²) < 4.78 is 16.0. The molecule has 1 aliphatic heterocycles. The van der Waals surface area contributed by atoms with Crippen LogP contribution in [-0.2, 0) is 6.54 Å². The quantitative estimate of drug-likeness (QED) is 0.533. The van der Waals surface area contributed by atoms with Crippen LogP contribution in [0.25, 0.3) is 23.0 Å². The second-order valence-corrected chi connectivity index (χ2v) is 7.39. The Morgan fingerprint density at radius 2 is 1.74 bits per heavy atom. The van der Waals surface area contributed by atoms with Crippen molar-refractivity contribution in [2.24, 2.45) is 0 Å². The van der Waals surface area contributed by atoms with Crippen molar-refractivity contribution in [3.63, 3.8) is 0 Å². The minimum absolute atomic E-state index is 0.209.